The number of benzene rings is 2. The highest BCUT2D eigenvalue weighted by molar-refractivity contribution is 5.94. The van der Waals surface area contributed by atoms with E-state index in [2.05, 4.69) is 39.5 Å². The Kier molecular flexibility index (Phi) is 7.21. The molecule has 3 aromatic rings. The number of ether oxygens (including phenoxy) is 1. The number of anilines is 1. The van der Waals surface area contributed by atoms with E-state index in [-0.39, 0.29) is 5.91 Å². The SMILES string of the molecule is CCOc1ccc(-c2cc(C(=O)N/N=C/c3ccc(N(CC)CC)cc3)[nH]n2)cc1. The third kappa shape index (κ3) is 5.26. The molecule has 0 atom stereocenters. The first-order chi connectivity index (χ1) is 14.6. The number of hydrogen-bond acceptors (Lipinski definition) is 5. The molecule has 0 aliphatic rings. The molecule has 1 heterocycles. The van der Waals surface area contributed by atoms with Crippen LogP contribution in [0.4, 0.5) is 5.69 Å². The van der Waals surface area contributed by atoms with Crippen molar-refractivity contribution < 1.29 is 9.53 Å². The predicted molar refractivity (Wildman–Crippen MR) is 120 cm³/mol. The fourth-order valence-corrected chi connectivity index (χ4v) is 3.06. The molecule has 1 amide bonds. The molecule has 7 heteroatoms. The normalized spacial score (nSPS) is 10.9. The minimum atomic E-state index is -0.351. The quantitative estimate of drug-likeness (QED) is 0.415. The molecule has 0 radical (unpaired) electrons. The number of carbonyl (C=O) groups is 1. The zero-order valence-electron chi connectivity index (χ0n) is 17.6. The van der Waals surface area contributed by atoms with Crippen molar-refractivity contribution in [2.45, 2.75) is 20.8 Å². The van der Waals surface area contributed by atoms with Gasteiger partial charge in [0, 0.05) is 24.3 Å². The molecule has 0 aliphatic heterocycles. The van der Waals surface area contributed by atoms with Gasteiger partial charge in [0.05, 0.1) is 18.5 Å². The number of rotatable bonds is 9. The number of hydrazone groups is 1. The van der Waals surface area contributed by atoms with Crippen molar-refractivity contribution >= 4 is 17.8 Å². The zero-order valence-corrected chi connectivity index (χ0v) is 17.6. The van der Waals surface area contributed by atoms with Crippen LogP contribution in [0, 0.1) is 0 Å². The first-order valence-electron chi connectivity index (χ1n) is 10.1. The third-order valence-corrected chi connectivity index (χ3v) is 4.68. The molecule has 1 aromatic heterocycles. The van der Waals surface area contributed by atoms with Crippen molar-refractivity contribution in [1.29, 1.82) is 0 Å². The van der Waals surface area contributed by atoms with E-state index in [4.69, 9.17) is 4.74 Å². The fraction of sp³-hybridized carbons (Fsp3) is 0.261. The highest BCUT2D eigenvalue weighted by Crippen LogP contribution is 2.21. The predicted octanol–water partition coefficient (Wildman–Crippen LogP) is 4.09. The van der Waals surface area contributed by atoms with Gasteiger partial charge in [-0.1, -0.05) is 12.1 Å². The lowest BCUT2D eigenvalue weighted by atomic mass is 10.1. The van der Waals surface area contributed by atoms with Crippen LogP contribution >= 0.6 is 0 Å². The first kappa shape index (κ1) is 21.1. The Balaban J connectivity index is 1.59. The van der Waals surface area contributed by atoms with Crippen LogP contribution < -0.4 is 15.1 Å². The maximum atomic E-state index is 12.3. The van der Waals surface area contributed by atoms with Crippen molar-refractivity contribution in [3.63, 3.8) is 0 Å². The molecule has 0 saturated carbocycles. The number of H-pyrrole nitrogens is 1. The van der Waals surface area contributed by atoms with Gasteiger partial charge in [-0.05, 0) is 68.8 Å². The van der Waals surface area contributed by atoms with E-state index in [9.17, 15) is 4.79 Å². The van der Waals surface area contributed by atoms with E-state index in [1.165, 1.54) is 5.69 Å². The number of hydrogen-bond donors (Lipinski definition) is 2. The van der Waals surface area contributed by atoms with Crippen LogP contribution in [0.2, 0.25) is 0 Å². The standard InChI is InChI=1S/C23H27N5O2/c1-4-28(5-2)19-11-7-17(8-12-19)16-24-27-23(29)22-15-21(25-26-22)18-9-13-20(14-10-18)30-6-3/h7-16H,4-6H2,1-3H3,(H,25,26)(H,27,29)/b24-16+. The molecular formula is C23H27N5O2. The second-order valence-electron chi connectivity index (χ2n) is 6.59. The van der Waals surface area contributed by atoms with Crippen molar-refractivity contribution in [1.82, 2.24) is 15.6 Å². The lowest BCUT2D eigenvalue weighted by Gasteiger charge is -2.20. The maximum absolute atomic E-state index is 12.3. The second kappa shape index (κ2) is 10.2. The Labute approximate surface area is 176 Å². The summed E-state index contributed by atoms with van der Waals surface area (Å²) in [6.45, 7) is 8.74. The van der Waals surface area contributed by atoms with Gasteiger partial charge < -0.3 is 9.64 Å². The zero-order chi connectivity index (χ0) is 21.3. The Morgan fingerprint density at radius 1 is 1.10 bits per heavy atom. The van der Waals surface area contributed by atoms with Gasteiger partial charge in [-0.2, -0.15) is 10.2 Å². The molecule has 0 spiro atoms. The summed E-state index contributed by atoms with van der Waals surface area (Å²) in [6, 6.07) is 17.3. The van der Waals surface area contributed by atoms with Crippen LogP contribution in [0.5, 0.6) is 5.75 Å². The van der Waals surface area contributed by atoms with Gasteiger partial charge in [0.2, 0.25) is 0 Å². The van der Waals surface area contributed by atoms with E-state index in [1.807, 2.05) is 55.5 Å². The number of nitrogens with one attached hydrogen (secondary N) is 2. The molecule has 0 bridgehead atoms. The number of carbonyl (C=O) groups excluding carboxylic acids is 1. The smallest absolute Gasteiger partial charge is 0.289 e. The Morgan fingerprint density at radius 3 is 2.43 bits per heavy atom. The summed E-state index contributed by atoms with van der Waals surface area (Å²) < 4.78 is 5.44. The molecule has 2 aromatic carbocycles. The van der Waals surface area contributed by atoms with E-state index in [1.54, 1.807) is 12.3 Å². The van der Waals surface area contributed by atoms with E-state index in [0.717, 1.165) is 30.0 Å². The van der Waals surface area contributed by atoms with Gasteiger partial charge in [0.25, 0.3) is 5.91 Å². The summed E-state index contributed by atoms with van der Waals surface area (Å²) in [7, 11) is 0. The monoisotopic (exact) mass is 405 g/mol. The van der Waals surface area contributed by atoms with Gasteiger partial charge in [-0.15, -0.1) is 0 Å². The van der Waals surface area contributed by atoms with Crippen molar-refractivity contribution in [3.05, 3.63) is 65.9 Å². The van der Waals surface area contributed by atoms with Crippen molar-refractivity contribution in [3.8, 4) is 17.0 Å². The van der Waals surface area contributed by atoms with Crippen LogP contribution in [0.15, 0.2) is 59.7 Å². The molecule has 7 nitrogen and oxygen atoms in total. The number of aromatic nitrogens is 2. The molecule has 30 heavy (non-hydrogen) atoms. The maximum Gasteiger partial charge on any atom is 0.289 e. The lowest BCUT2D eigenvalue weighted by Crippen LogP contribution is -2.21. The van der Waals surface area contributed by atoms with Gasteiger partial charge in [0.15, 0.2) is 0 Å². The van der Waals surface area contributed by atoms with Gasteiger partial charge in [-0.25, -0.2) is 5.43 Å². The highest BCUT2D eigenvalue weighted by atomic mass is 16.5. The third-order valence-electron chi connectivity index (χ3n) is 4.68. The number of amides is 1. The minimum absolute atomic E-state index is 0.341. The largest absolute Gasteiger partial charge is 0.494 e. The summed E-state index contributed by atoms with van der Waals surface area (Å²) in [5, 5.41) is 11.0. The summed E-state index contributed by atoms with van der Waals surface area (Å²) in [5.41, 5.74) is 6.52. The van der Waals surface area contributed by atoms with Crippen LogP contribution in [0.1, 0.15) is 36.8 Å². The minimum Gasteiger partial charge on any atom is -0.494 e. The second-order valence-corrected chi connectivity index (χ2v) is 6.59. The van der Waals surface area contributed by atoms with Gasteiger partial charge in [0.1, 0.15) is 11.4 Å². The van der Waals surface area contributed by atoms with E-state index in [0.29, 0.717) is 18.0 Å². The Hall–Kier alpha value is -3.61. The van der Waals surface area contributed by atoms with E-state index >= 15 is 0 Å². The Morgan fingerprint density at radius 2 is 1.80 bits per heavy atom. The van der Waals surface area contributed by atoms with Crippen molar-refractivity contribution in [2.24, 2.45) is 5.10 Å². The Bertz CT molecular complexity index is 974. The van der Waals surface area contributed by atoms with Gasteiger partial charge >= 0.3 is 0 Å². The summed E-state index contributed by atoms with van der Waals surface area (Å²) >= 11 is 0. The first-order valence-corrected chi connectivity index (χ1v) is 10.1. The molecular weight excluding hydrogens is 378 g/mol. The topological polar surface area (TPSA) is 82.6 Å². The average Bonchev–Trinajstić information content (AvgIpc) is 3.27. The summed E-state index contributed by atoms with van der Waals surface area (Å²) in [5.74, 6) is 0.449. The molecule has 0 aliphatic carbocycles. The number of aromatic amines is 1. The number of nitrogens with zero attached hydrogens (tertiary/aromatic N) is 3. The molecule has 2 N–H and O–H groups in total. The van der Waals surface area contributed by atoms with Gasteiger partial charge in [-0.3, -0.25) is 9.89 Å². The molecule has 156 valence electrons. The fourth-order valence-electron chi connectivity index (χ4n) is 3.06. The summed E-state index contributed by atoms with van der Waals surface area (Å²) in [4.78, 5) is 14.6. The van der Waals surface area contributed by atoms with Crippen molar-refractivity contribution in [2.75, 3.05) is 24.6 Å². The molecule has 3 rings (SSSR count). The molecule has 0 fully saturated rings. The van der Waals surface area contributed by atoms with Crippen LogP contribution in [0.3, 0.4) is 0 Å². The summed E-state index contributed by atoms with van der Waals surface area (Å²) in [6.07, 6.45) is 1.62. The van der Waals surface area contributed by atoms with Crippen LogP contribution in [-0.2, 0) is 0 Å². The highest BCUT2D eigenvalue weighted by Gasteiger charge is 2.10. The average molecular weight is 406 g/mol. The molecule has 0 saturated heterocycles. The van der Waals surface area contributed by atoms with Crippen LogP contribution in [-0.4, -0.2) is 42.0 Å². The lowest BCUT2D eigenvalue weighted by molar-refractivity contribution is 0.0950. The van der Waals surface area contributed by atoms with E-state index < -0.39 is 0 Å². The molecule has 0 unspecified atom stereocenters. The van der Waals surface area contributed by atoms with Crippen LogP contribution in [0.25, 0.3) is 11.3 Å².